The van der Waals surface area contributed by atoms with E-state index in [1.54, 1.807) is 0 Å². The molecular formula is C11H15N5O4. The van der Waals surface area contributed by atoms with Crippen LogP contribution in [0.4, 0.5) is 4.79 Å². The highest BCUT2D eigenvalue weighted by Gasteiger charge is 2.36. The molecule has 0 saturated heterocycles. The second kappa shape index (κ2) is 5.19. The van der Waals surface area contributed by atoms with Crippen LogP contribution >= 0.6 is 0 Å². The van der Waals surface area contributed by atoms with Gasteiger partial charge in [0.1, 0.15) is 12.1 Å². The van der Waals surface area contributed by atoms with Crippen molar-refractivity contribution < 1.29 is 19.5 Å². The molecule has 108 valence electrons. The van der Waals surface area contributed by atoms with Gasteiger partial charge in [-0.25, -0.2) is 14.6 Å². The maximum absolute atomic E-state index is 12.1. The molecule has 2 heterocycles. The fourth-order valence-electron chi connectivity index (χ4n) is 2.01. The van der Waals surface area contributed by atoms with Gasteiger partial charge in [0.05, 0.1) is 24.3 Å². The van der Waals surface area contributed by atoms with Crippen LogP contribution in [-0.4, -0.2) is 50.0 Å². The summed E-state index contributed by atoms with van der Waals surface area (Å²) in [6.45, 7) is 1.52. The fraction of sp³-hybridized carbons (Fsp3) is 0.455. The monoisotopic (exact) mass is 281 g/mol. The van der Waals surface area contributed by atoms with Crippen molar-refractivity contribution in [1.29, 1.82) is 0 Å². The van der Waals surface area contributed by atoms with Crippen molar-refractivity contribution in [3.8, 4) is 0 Å². The van der Waals surface area contributed by atoms with E-state index >= 15 is 0 Å². The Morgan fingerprint density at radius 1 is 1.60 bits per heavy atom. The van der Waals surface area contributed by atoms with Crippen LogP contribution in [0.25, 0.3) is 0 Å². The van der Waals surface area contributed by atoms with Crippen molar-refractivity contribution in [2.75, 3.05) is 0 Å². The first-order valence-electron chi connectivity index (χ1n) is 6.00. The Kier molecular flexibility index (Phi) is 3.59. The summed E-state index contributed by atoms with van der Waals surface area (Å²) in [5.41, 5.74) is 6.38. The second-order valence-corrected chi connectivity index (χ2v) is 4.59. The van der Waals surface area contributed by atoms with E-state index in [4.69, 9.17) is 5.73 Å². The largest absolute Gasteiger partial charge is 0.480 e. The van der Waals surface area contributed by atoms with Crippen LogP contribution in [0.15, 0.2) is 6.33 Å². The van der Waals surface area contributed by atoms with Gasteiger partial charge in [-0.1, -0.05) is 0 Å². The topological polar surface area (TPSA) is 141 Å². The SMILES string of the molecule is CC(NC(=O)N1Cc2[nH]cnc2CC1C(=O)O)C(N)=O. The summed E-state index contributed by atoms with van der Waals surface area (Å²) >= 11 is 0. The number of fused-ring (bicyclic) bond motifs is 1. The number of urea groups is 1. The molecule has 1 aliphatic heterocycles. The summed E-state index contributed by atoms with van der Waals surface area (Å²) in [4.78, 5) is 42.3. The first kappa shape index (κ1) is 13.8. The molecule has 5 N–H and O–H groups in total. The number of aliphatic carboxylic acids is 1. The summed E-state index contributed by atoms with van der Waals surface area (Å²) in [6, 6.07) is -2.55. The molecule has 0 saturated carbocycles. The summed E-state index contributed by atoms with van der Waals surface area (Å²) in [5, 5.41) is 11.6. The summed E-state index contributed by atoms with van der Waals surface area (Å²) in [7, 11) is 0. The Morgan fingerprint density at radius 2 is 2.30 bits per heavy atom. The van der Waals surface area contributed by atoms with Crippen molar-refractivity contribution in [2.45, 2.75) is 32.0 Å². The van der Waals surface area contributed by atoms with Gasteiger partial charge in [-0.15, -0.1) is 0 Å². The normalized spacial score (nSPS) is 19.1. The van der Waals surface area contributed by atoms with Crippen molar-refractivity contribution in [2.24, 2.45) is 5.73 Å². The number of aromatic nitrogens is 2. The molecule has 20 heavy (non-hydrogen) atoms. The third-order valence-corrected chi connectivity index (χ3v) is 3.21. The molecule has 0 fully saturated rings. The Bertz CT molecular complexity index is 555. The number of carbonyl (C=O) groups is 3. The fourth-order valence-corrected chi connectivity index (χ4v) is 2.01. The van der Waals surface area contributed by atoms with Crippen molar-refractivity contribution in [3.05, 3.63) is 17.7 Å². The molecule has 0 aromatic carbocycles. The molecule has 9 nitrogen and oxygen atoms in total. The number of carboxylic acid groups (broad SMARTS) is 1. The number of rotatable bonds is 3. The smallest absolute Gasteiger partial charge is 0.326 e. The van der Waals surface area contributed by atoms with Gasteiger partial charge in [-0.2, -0.15) is 0 Å². The second-order valence-electron chi connectivity index (χ2n) is 4.59. The van der Waals surface area contributed by atoms with Crippen LogP contribution in [0.3, 0.4) is 0 Å². The Balaban J connectivity index is 2.18. The van der Waals surface area contributed by atoms with Gasteiger partial charge in [0.15, 0.2) is 0 Å². The standard InChI is InChI=1S/C11H15N5O4/c1-5(9(12)17)15-11(20)16-3-7-6(13-4-14-7)2-8(16)10(18)19/h4-5,8H,2-3H2,1H3,(H2,12,17)(H,13,14)(H,15,20)(H,18,19). The van der Waals surface area contributed by atoms with E-state index in [0.29, 0.717) is 11.4 Å². The van der Waals surface area contributed by atoms with Crippen LogP contribution < -0.4 is 11.1 Å². The van der Waals surface area contributed by atoms with Gasteiger partial charge in [0.2, 0.25) is 5.91 Å². The minimum atomic E-state index is -1.12. The molecule has 9 heteroatoms. The molecule has 1 aromatic rings. The highest BCUT2D eigenvalue weighted by Crippen LogP contribution is 2.20. The lowest BCUT2D eigenvalue weighted by molar-refractivity contribution is -0.142. The summed E-state index contributed by atoms with van der Waals surface area (Å²) in [6.07, 6.45) is 1.57. The lowest BCUT2D eigenvalue weighted by atomic mass is 10.0. The van der Waals surface area contributed by atoms with Gasteiger partial charge < -0.3 is 26.0 Å². The average molecular weight is 281 g/mol. The van der Waals surface area contributed by atoms with E-state index < -0.39 is 30.0 Å². The molecule has 1 aromatic heterocycles. The van der Waals surface area contributed by atoms with Gasteiger partial charge >= 0.3 is 12.0 Å². The van der Waals surface area contributed by atoms with E-state index in [0.717, 1.165) is 4.90 Å². The van der Waals surface area contributed by atoms with Gasteiger partial charge in [-0.3, -0.25) is 4.79 Å². The summed E-state index contributed by atoms with van der Waals surface area (Å²) in [5.74, 6) is -1.81. The van der Waals surface area contributed by atoms with Gasteiger partial charge in [0, 0.05) is 6.42 Å². The number of amides is 3. The lowest BCUT2D eigenvalue weighted by Gasteiger charge is -2.32. The molecule has 2 atom stereocenters. The van der Waals surface area contributed by atoms with Crippen molar-refractivity contribution in [1.82, 2.24) is 20.2 Å². The van der Waals surface area contributed by atoms with E-state index in [-0.39, 0.29) is 13.0 Å². The molecule has 2 unspecified atom stereocenters. The van der Waals surface area contributed by atoms with Crippen molar-refractivity contribution >= 4 is 17.9 Å². The molecule has 2 rings (SSSR count). The van der Waals surface area contributed by atoms with Crippen molar-refractivity contribution in [3.63, 3.8) is 0 Å². The number of hydrogen-bond acceptors (Lipinski definition) is 4. The number of nitrogens with two attached hydrogens (primary N) is 1. The predicted octanol–water partition coefficient (Wildman–Crippen LogP) is -1.20. The number of carbonyl (C=O) groups excluding carboxylic acids is 2. The highest BCUT2D eigenvalue weighted by molar-refractivity contribution is 5.88. The molecule has 0 bridgehead atoms. The van der Waals surface area contributed by atoms with Crippen LogP contribution in [0.1, 0.15) is 18.3 Å². The number of nitrogens with one attached hydrogen (secondary N) is 2. The number of H-pyrrole nitrogens is 1. The Labute approximate surface area is 114 Å². The number of imidazole rings is 1. The minimum Gasteiger partial charge on any atom is -0.480 e. The third kappa shape index (κ3) is 2.56. The Hall–Kier alpha value is -2.58. The number of nitrogens with zero attached hydrogens (tertiary/aromatic N) is 2. The van der Waals surface area contributed by atoms with Crippen LogP contribution in [0.5, 0.6) is 0 Å². The molecule has 1 aliphatic rings. The maximum Gasteiger partial charge on any atom is 0.326 e. The molecule has 3 amide bonds. The van der Waals surface area contributed by atoms with Crippen LogP contribution in [-0.2, 0) is 22.6 Å². The average Bonchev–Trinajstić information content (AvgIpc) is 2.83. The highest BCUT2D eigenvalue weighted by atomic mass is 16.4. The van der Waals surface area contributed by atoms with Gasteiger partial charge in [0.25, 0.3) is 0 Å². The maximum atomic E-state index is 12.1. The Morgan fingerprint density at radius 3 is 2.90 bits per heavy atom. The number of primary amides is 1. The van der Waals surface area contributed by atoms with E-state index in [2.05, 4.69) is 15.3 Å². The molecule has 0 spiro atoms. The van der Waals surface area contributed by atoms with E-state index in [1.165, 1.54) is 13.3 Å². The van der Waals surface area contributed by atoms with E-state index in [1.807, 2.05) is 0 Å². The molecule has 0 aliphatic carbocycles. The zero-order chi connectivity index (χ0) is 14.9. The zero-order valence-electron chi connectivity index (χ0n) is 10.8. The summed E-state index contributed by atoms with van der Waals surface area (Å²) < 4.78 is 0. The minimum absolute atomic E-state index is 0.0869. The van der Waals surface area contributed by atoms with Crippen LogP contribution in [0, 0.1) is 0 Å². The molecular weight excluding hydrogens is 266 g/mol. The lowest BCUT2D eigenvalue weighted by Crippen LogP contribution is -2.55. The quantitative estimate of drug-likeness (QED) is 0.551. The third-order valence-electron chi connectivity index (χ3n) is 3.21. The van der Waals surface area contributed by atoms with Crippen LogP contribution in [0.2, 0.25) is 0 Å². The molecule has 0 radical (unpaired) electrons. The first-order chi connectivity index (χ1) is 9.40. The first-order valence-corrected chi connectivity index (χ1v) is 6.00. The predicted molar refractivity (Wildman–Crippen MR) is 66.4 cm³/mol. The van der Waals surface area contributed by atoms with E-state index in [9.17, 15) is 19.5 Å². The number of hydrogen-bond donors (Lipinski definition) is 4. The zero-order valence-corrected chi connectivity index (χ0v) is 10.8. The number of aromatic amines is 1. The van der Waals surface area contributed by atoms with Gasteiger partial charge in [-0.05, 0) is 6.92 Å². The number of carboxylic acids is 1.